The molecule has 3 nitrogen and oxygen atoms in total. The second-order valence-corrected chi connectivity index (χ2v) is 3.85. The average molecular weight is 171 g/mol. The second-order valence-electron chi connectivity index (χ2n) is 3.85. The summed E-state index contributed by atoms with van der Waals surface area (Å²) < 4.78 is 0. The molecule has 1 aliphatic carbocycles. The zero-order valence-electron chi connectivity index (χ0n) is 7.49. The molecule has 0 aliphatic heterocycles. The van der Waals surface area contributed by atoms with E-state index in [1.807, 2.05) is 0 Å². The second kappa shape index (κ2) is 3.90. The summed E-state index contributed by atoms with van der Waals surface area (Å²) in [6.45, 7) is 2.19. The molecule has 1 rings (SSSR count). The van der Waals surface area contributed by atoms with Crippen LogP contribution >= 0.6 is 0 Å². The smallest absolute Gasteiger partial charge is 0.320 e. The fourth-order valence-corrected chi connectivity index (χ4v) is 2.00. The van der Waals surface area contributed by atoms with Crippen LogP contribution in [0.4, 0.5) is 0 Å². The minimum atomic E-state index is -0.867. The third-order valence-corrected chi connectivity index (χ3v) is 2.91. The fraction of sp³-hybridized carbons (Fsp3) is 0.889. The van der Waals surface area contributed by atoms with Crippen LogP contribution in [-0.4, -0.2) is 17.1 Å². The summed E-state index contributed by atoms with van der Waals surface area (Å²) in [5.74, 6) is 0.334. The number of hydrogen-bond donors (Lipinski definition) is 2. The lowest BCUT2D eigenvalue weighted by molar-refractivity contribution is -0.139. The largest absolute Gasteiger partial charge is 0.480 e. The molecule has 1 aliphatic rings. The Bertz CT molecular complexity index is 170. The first-order valence-corrected chi connectivity index (χ1v) is 4.59. The molecule has 0 aromatic heterocycles. The molecule has 3 N–H and O–H groups in total. The van der Waals surface area contributed by atoms with Crippen LogP contribution < -0.4 is 5.73 Å². The standard InChI is InChI=1S/C9H17NO2/c1-6-3-2-4-7(6)5-8(10)9(11)12/h6-8H,2-5,10H2,1H3,(H,11,12)/t6-,7-,8+/m1/s1. The van der Waals surface area contributed by atoms with E-state index < -0.39 is 12.0 Å². The van der Waals surface area contributed by atoms with Crippen LogP contribution in [0, 0.1) is 11.8 Å². The van der Waals surface area contributed by atoms with Gasteiger partial charge in [0.2, 0.25) is 0 Å². The van der Waals surface area contributed by atoms with Crippen molar-refractivity contribution in [2.45, 2.75) is 38.6 Å². The van der Waals surface area contributed by atoms with E-state index in [1.54, 1.807) is 0 Å². The first-order chi connectivity index (χ1) is 5.61. The van der Waals surface area contributed by atoms with E-state index in [1.165, 1.54) is 12.8 Å². The van der Waals surface area contributed by atoms with Crippen molar-refractivity contribution in [1.82, 2.24) is 0 Å². The lowest BCUT2D eigenvalue weighted by Crippen LogP contribution is -2.32. The van der Waals surface area contributed by atoms with Gasteiger partial charge in [-0.25, -0.2) is 0 Å². The Kier molecular flexibility index (Phi) is 3.09. The van der Waals surface area contributed by atoms with Gasteiger partial charge < -0.3 is 10.8 Å². The highest BCUT2D eigenvalue weighted by atomic mass is 16.4. The van der Waals surface area contributed by atoms with Crippen LogP contribution in [0.5, 0.6) is 0 Å². The summed E-state index contributed by atoms with van der Waals surface area (Å²) in [6, 6.07) is -0.657. The van der Waals surface area contributed by atoms with Gasteiger partial charge in [0.25, 0.3) is 0 Å². The summed E-state index contributed by atoms with van der Waals surface area (Å²) in [4.78, 5) is 10.5. The van der Waals surface area contributed by atoms with Crippen molar-refractivity contribution in [2.24, 2.45) is 17.6 Å². The fourth-order valence-electron chi connectivity index (χ4n) is 2.00. The first kappa shape index (κ1) is 9.52. The van der Waals surface area contributed by atoms with Crippen molar-refractivity contribution >= 4 is 5.97 Å². The van der Waals surface area contributed by atoms with E-state index in [2.05, 4.69) is 6.92 Å². The van der Waals surface area contributed by atoms with Crippen LogP contribution in [0.15, 0.2) is 0 Å². The third kappa shape index (κ3) is 2.21. The van der Waals surface area contributed by atoms with Gasteiger partial charge in [-0.2, -0.15) is 0 Å². The number of aliphatic carboxylic acids is 1. The number of rotatable bonds is 3. The molecule has 1 fully saturated rings. The molecule has 0 amide bonds. The Morgan fingerprint density at radius 1 is 1.67 bits per heavy atom. The molecule has 70 valence electrons. The quantitative estimate of drug-likeness (QED) is 0.671. The summed E-state index contributed by atoms with van der Waals surface area (Å²) in [6.07, 6.45) is 4.27. The number of nitrogens with two attached hydrogens (primary N) is 1. The van der Waals surface area contributed by atoms with Crippen molar-refractivity contribution in [3.63, 3.8) is 0 Å². The van der Waals surface area contributed by atoms with Gasteiger partial charge in [0, 0.05) is 0 Å². The van der Waals surface area contributed by atoms with Gasteiger partial charge >= 0.3 is 5.97 Å². The van der Waals surface area contributed by atoms with Crippen molar-refractivity contribution < 1.29 is 9.90 Å². The molecule has 0 aromatic rings. The Hall–Kier alpha value is -0.570. The molecule has 0 spiro atoms. The van der Waals surface area contributed by atoms with Crippen molar-refractivity contribution in [2.75, 3.05) is 0 Å². The summed E-state index contributed by atoms with van der Waals surface area (Å²) in [5, 5.41) is 8.60. The molecule has 0 unspecified atom stereocenters. The van der Waals surface area contributed by atoms with Crippen LogP contribution in [0.25, 0.3) is 0 Å². The maximum absolute atomic E-state index is 10.5. The van der Waals surface area contributed by atoms with E-state index in [-0.39, 0.29) is 0 Å². The van der Waals surface area contributed by atoms with Crippen LogP contribution in [0.2, 0.25) is 0 Å². The average Bonchev–Trinajstić information content (AvgIpc) is 2.36. The zero-order chi connectivity index (χ0) is 9.14. The minimum absolute atomic E-state index is 0.538. The van der Waals surface area contributed by atoms with Gasteiger partial charge in [-0.1, -0.05) is 26.2 Å². The normalized spacial score (nSPS) is 31.8. The van der Waals surface area contributed by atoms with E-state index >= 15 is 0 Å². The molecule has 0 heterocycles. The number of carboxylic acid groups (broad SMARTS) is 1. The molecule has 0 saturated heterocycles. The number of carbonyl (C=O) groups is 1. The molecule has 3 atom stereocenters. The topological polar surface area (TPSA) is 63.3 Å². The third-order valence-electron chi connectivity index (χ3n) is 2.91. The van der Waals surface area contributed by atoms with E-state index in [0.717, 1.165) is 6.42 Å². The van der Waals surface area contributed by atoms with Crippen LogP contribution in [0.3, 0.4) is 0 Å². The lowest BCUT2D eigenvalue weighted by atomic mass is 9.91. The Morgan fingerprint density at radius 2 is 2.33 bits per heavy atom. The van der Waals surface area contributed by atoms with Crippen molar-refractivity contribution in [1.29, 1.82) is 0 Å². The predicted octanol–water partition coefficient (Wildman–Crippen LogP) is 1.22. The van der Waals surface area contributed by atoms with Gasteiger partial charge in [-0.3, -0.25) is 4.79 Å². The highest BCUT2D eigenvalue weighted by Crippen LogP contribution is 2.33. The van der Waals surface area contributed by atoms with Gasteiger partial charge in [0.15, 0.2) is 0 Å². The molecule has 0 radical (unpaired) electrons. The van der Waals surface area contributed by atoms with Gasteiger partial charge in [0.1, 0.15) is 6.04 Å². The van der Waals surface area contributed by atoms with E-state index in [0.29, 0.717) is 18.3 Å². The first-order valence-electron chi connectivity index (χ1n) is 4.59. The molecule has 3 heteroatoms. The van der Waals surface area contributed by atoms with Crippen molar-refractivity contribution in [3.8, 4) is 0 Å². The Labute approximate surface area is 72.9 Å². The lowest BCUT2D eigenvalue weighted by Gasteiger charge is -2.17. The minimum Gasteiger partial charge on any atom is -0.480 e. The van der Waals surface area contributed by atoms with Crippen LogP contribution in [0.1, 0.15) is 32.6 Å². The summed E-state index contributed by atoms with van der Waals surface area (Å²) in [5.41, 5.74) is 5.46. The molecular weight excluding hydrogens is 154 g/mol. The van der Waals surface area contributed by atoms with E-state index in [4.69, 9.17) is 10.8 Å². The Morgan fingerprint density at radius 3 is 2.75 bits per heavy atom. The van der Waals surface area contributed by atoms with Gasteiger partial charge in [0.05, 0.1) is 0 Å². The van der Waals surface area contributed by atoms with Gasteiger partial charge in [-0.15, -0.1) is 0 Å². The molecule has 0 aromatic carbocycles. The SMILES string of the molecule is C[C@@H]1CCC[C@@H]1C[C@H](N)C(=O)O. The van der Waals surface area contributed by atoms with E-state index in [9.17, 15) is 4.79 Å². The van der Waals surface area contributed by atoms with Gasteiger partial charge in [-0.05, 0) is 18.3 Å². The Balaban J connectivity index is 2.35. The predicted molar refractivity (Wildman–Crippen MR) is 46.7 cm³/mol. The molecule has 1 saturated carbocycles. The van der Waals surface area contributed by atoms with Crippen molar-refractivity contribution in [3.05, 3.63) is 0 Å². The summed E-state index contributed by atoms with van der Waals surface area (Å²) in [7, 11) is 0. The summed E-state index contributed by atoms with van der Waals surface area (Å²) >= 11 is 0. The zero-order valence-corrected chi connectivity index (χ0v) is 7.49. The highest BCUT2D eigenvalue weighted by molar-refractivity contribution is 5.73. The molecule has 12 heavy (non-hydrogen) atoms. The number of hydrogen-bond acceptors (Lipinski definition) is 2. The monoisotopic (exact) mass is 171 g/mol. The number of carboxylic acids is 1. The molecular formula is C9H17NO2. The maximum atomic E-state index is 10.5. The molecule has 0 bridgehead atoms. The highest BCUT2D eigenvalue weighted by Gasteiger charge is 2.27. The van der Waals surface area contributed by atoms with Crippen LogP contribution in [-0.2, 0) is 4.79 Å². The maximum Gasteiger partial charge on any atom is 0.320 e.